The van der Waals surface area contributed by atoms with Crippen LogP contribution in [0.2, 0.25) is 0 Å². The number of thiophene rings is 1. The molecule has 0 unspecified atom stereocenters. The van der Waals surface area contributed by atoms with Crippen LogP contribution in [-0.2, 0) is 19.5 Å². The fourth-order valence-electron chi connectivity index (χ4n) is 2.52. The predicted octanol–water partition coefficient (Wildman–Crippen LogP) is 2.36. The Labute approximate surface area is 155 Å². The summed E-state index contributed by atoms with van der Waals surface area (Å²) in [7, 11) is 0. The number of hydrogen-bond donors (Lipinski definition) is 2. The van der Waals surface area contributed by atoms with E-state index in [-0.39, 0.29) is 35.8 Å². The molecular formula is C16H17F3N6OS. The van der Waals surface area contributed by atoms with Crippen LogP contribution in [0.25, 0.3) is 10.4 Å². The summed E-state index contributed by atoms with van der Waals surface area (Å²) in [6, 6.07) is 1.37. The van der Waals surface area contributed by atoms with Gasteiger partial charge in [-0.15, -0.1) is 11.3 Å². The molecule has 0 radical (unpaired) electrons. The molecule has 3 rings (SSSR count). The van der Waals surface area contributed by atoms with Gasteiger partial charge in [-0.1, -0.05) is 0 Å². The summed E-state index contributed by atoms with van der Waals surface area (Å²) in [6.45, 7) is 2.15. The van der Waals surface area contributed by atoms with Gasteiger partial charge in [-0.3, -0.25) is 9.25 Å². The van der Waals surface area contributed by atoms with Gasteiger partial charge in [0.05, 0.1) is 17.6 Å². The van der Waals surface area contributed by atoms with Gasteiger partial charge in [0.2, 0.25) is 0 Å². The number of halogens is 3. The van der Waals surface area contributed by atoms with Crippen LogP contribution in [0.1, 0.15) is 17.6 Å². The van der Waals surface area contributed by atoms with Crippen molar-refractivity contribution < 1.29 is 13.2 Å². The second-order valence-electron chi connectivity index (χ2n) is 5.74. The molecule has 0 fully saturated rings. The molecule has 144 valence electrons. The third-order valence-corrected chi connectivity index (χ3v) is 5.17. The molecule has 0 aromatic carbocycles. The minimum Gasteiger partial charge on any atom is -0.327 e. The SMILES string of the molecule is CCn1cc(-c2cc(F)c(Cn3c(CC(CN)=C(F)F)n[nH]c3=O)s2)cn1. The van der Waals surface area contributed by atoms with E-state index in [1.807, 2.05) is 6.92 Å². The van der Waals surface area contributed by atoms with Gasteiger partial charge in [0.1, 0.15) is 11.6 Å². The number of nitrogens with zero attached hydrogens (tertiary/aromatic N) is 4. The van der Waals surface area contributed by atoms with Gasteiger partial charge in [0.25, 0.3) is 6.08 Å². The van der Waals surface area contributed by atoms with Crippen LogP contribution < -0.4 is 11.4 Å². The molecule has 11 heteroatoms. The van der Waals surface area contributed by atoms with Crippen LogP contribution in [0, 0.1) is 5.82 Å². The first kappa shape index (κ1) is 19.1. The van der Waals surface area contributed by atoms with E-state index in [9.17, 15) is 18.0 Å². The zero-order valence-corrected chi connectivity index (χ0v) is 15.2. The fourth-order valence-corrected chi connectivity index (χ4v) is 3.52. The summed E-state index contributed by atoms with van der Waals surface area (Å²) in [4.78, 5) is 12.9. The van der Waals surface area contributed by atoms with Crippen molar-refractivity contribution in [1.29, 1.82) is 0 Å². The van der Waals surface area contributed by atoms with Gasteiger partial charge in [-0.2, -0.15) is 19.0 Å². The van der Waals surface area contributed by atoms with Crippen molar-refractivity contribution in [2.75, 3.05) is 6.54 Å². The molecule has 0 saturated carbocycles. The highest BCUT2D eigenvalue weighted by molar-refractivity contribution is 7.15. The van der Waals surface area contributed by atoms with Gasteiger partial charge in [-0.25, -0.2) is 14.3 Å². The summed E-state index contributed by atoms with van der Waals surface area (Å²) in [6.07, 6.45) is 1.24. The number of aromatic nitrogens is 5. The van der Waals surface area contributed by atoms with Gasteiger partial charge in [0.15, 0.2) is 0 Å². The normalized spacial score (nSPS) is 11.1. The average Bonchev–Trinajstić information content (AvgIpc) is 3.34. The maximum Gasteiger partial charge on any atom is 0.343 e. The Bertz CT molecular complexity index is 1030. The highest BCUT2D eigenvalue weighted by Crippen LogP contribution is 2.31. The van der Waals surface area contributed by atoms with Gasteiger partial charge < -0.3 is 5.73 Å². The zero-order valence-electron chi connectivity index (χ0n) is 14.4. The Morgan fingerprint density at radius 3 is 2.81 bits per heavy atom. The van der Waals surface area contributed by atoms with Crippen LogP contribution in [0.3, 0.4) is 0 Å². The minimum absolute atomic E-state index is 0.0707. The molecule has 0 bridgehead atoms. The van der Waals surface area contributed by atoms with E-state index in [2.05, 4.69) is 15.3 Å². The number of H-pyrrole nitrogens is 1. The minimum atomic E-state index is -1.91. The number of aromatic amines is 1. The molecular weight excluding hydrogens is 381 g/mol. The van der Waals surface area contributed by atoms with Gasteiger partial charge >= 0.3 is 5.69 Å². The van der Waals surface area contributed by atoms with Gasteiger partial charge in [0, 0.05) is 41.7 Å². The van der Waals surface area contributed by atoms with E-state index in [0.717, 1.165) is 10.1 Å². The molecule has 3 aromatic heterocycles. The molecule has 0 aliphatic rings. The predicted molar refractivity (Wildman–Crippen MR) is 95.1 cm³/mol. The molecule has 0 saturated heterocycles. The van der Waals surface area contributed by atoms with E-state index in [1.165, 1.54) is 17.4 Å². The Morgan fingerprint density at radius 2 is 2.19 bits per heavy atom. The number of nitrogens with two attached hydrogens (primary N) is 1. The van der Waals surface area contributed by atoms with Crippen molar-refractivity contribution in [2.45, 2.75) is 26.4 Å². The highest BCUT2D eigenvalue weighted by Gasteiger charge is 2.17. The Balaban J connectivity index is 1.89. The topological polar surface area (TPSA) is 94.5 Å². The van der Waals surface area contributed by atoms with Crippen LogP contribution in [0.5, 0.6) is 0 Å². The maximum absolute atomic E-state index is 14.4. The number of nitrogens with one attached hydrogen (secondary N) is 1. The lowest BCUT2D eigenvalue weighted by Crippen LogP contribution is -2.20. The molecule has 0 spiro atoms. The average molecular weight is 398 g/mol. The second kappa shape index (κ2) is 7.92. The maximum atomic E-state index is 14.4. The van der Waals surface area contributed by atoms with E-state index < -0.39 is 17.6 Å². The summed E-state index contributed by atoms with van der Waals surface area (Å²) in [5, 5.41) is 10.1. The van der Waals surface area contributed by atoms with Crippen molar-refractivity contribution in [3.05, 3.63) is 57.1 Å². The van der Waals surface area contributed by atoms with E-state index in [4.69, 9.17) is 5.73 Å². The molecule has 0 amide bonds. The number of aryl methyl sites for hydroxylation is 1. The zero-order chi connectivity index (χ0) is 19.6. The monoisotopic (exact) mass is 398 g/mol. The number of rotatable bonds is 7. The lowest BCUT2D eigenvalue weighted by Gasteiger charge is -2.06. The van der Waals surface area contributed by atoms with Crippen LogP contribution in [0.4, 0.5) is 13.2 Å². The van der Waals surface area contributed by atoms with Crippen molar-refractivity contribution in [3.63, 3.8) is 0 Å². The molecule has 7 nitrogen and oxygen atoms in total. The lowest BCUT2D eigenvalue weighted by molar-refractivity contribution is 0.407. The smallest absolute Gasteiger partial charge is 0.327 e. The summed E-state index contributed by atoms with van der Waals surface area (Å²) >= 11 is 1.17. The molecule has 3 N–H and O–H groups in total. The first-order chi connectivity index (χ1) is 12.9. The van der Waals surface area contributed by atoms with E-state index >= 15 is 0 Å². The van der Waals surface area contributed by atoms with E-state index in [0.29, 0.717) is 11.4 Å². The van der Waals surface area contributed by atoms with Crippen molar-refractivity contribution in [3.8, 4) is 10.4 Å². The van der Waals surface area contributed by atoms with Crippen LogP contribution in [-0.4, -0.2) is 31.1 Å². The summed E-state index contributed by atoms with van der Waals surface area (Å²) in [5.41, 5.74) is 5.14. The quantitative estimate of drug-likeness (QED) is 0.639. The highest BCUT2D eigenvalue weighted by atomic mass is 32.1. The first-order valence-corrected chi connectivity index (χ1v) is 8.92. The first-order valence-electron chi connectivity index (χ1n) is 8.11. The molecule has 0 aliphatic carbocycles. The molecule has 3 heterocycles. The molecule has 0 atom stereocenters. The van der Waals surface area contributed by atoms with Crippen molar-refractivity contribution in [2.24, 2.45) is 5.73 Å². The van der Waals surface area contributed by atoms with E-state index in [1.54, 1.807) is 17.1 Å². The van der Waals surface area contributed by atoms with Crippen LogP contribution >= 0.6 is 11.3 Å². The Morgan fingerprint density at radius 1 is 1.41 bits per heavy atom. The number of hydrogen-bond acceptors (Lipinski definition) is 5. The standard InChI is InChI=1S/C16H17F3N6OS/c1-2-24-7-10(6-21-24)12-4-11(17)13(27-12)8-25-14(22-23-16(25)26)3-9(5-20)15(18)19/h4,6-7H,2-3,5,8,20H2,1H3,(H,23,26). The molecule has 3 aromatic rings. The van der Waals surface area contributed by atoms with Crippen LogP contribution in [0.15, 0.2) is 34.9 Å². The van der Waals surface area contributed by atoms with Gasteiger partial charge in [-0.05, 0) is 13.0 Å². The second-order valence-corrected chi connectivity index (χ2v) is 6.88. The molecule has 0 aliphatic heterocycles. The molecule has 27 heavy (non-hydrogen) atoms. The third kappa shape index (κ3) is 4.03. The summed E-state index contributed by atoms with van der Waals surface area (Å²) < 4.78 is 42.9. The van der Waals surface area contributed by atoms with Crippen molar-refractivity contribution in [1.82, 2.24) is 24.5 Å². The fraction of sp³-hybridized carbons (Fsp3) is 0.312. The largest absolute Gasteiger partial charge is 0.343 e. The Kier molecular flexibility index (Phi) is 5.61. The van der Waals surface area contributed by atoms with Crippen molar-refractivity contribution >= 4 is 11.3 Å². The summed E-state index contributed by atoms with van der Waals surface area (Å²) in [5.74, 6) is -0.411. The third-order valence-electron chi connectivity index (χ3n) is 4.02. The Hall–Kier alpha value is -2.66. The lowest BCUT2D eigenvalue weighted by atomic mass is 10.2.